The number of halogens is 2. The van der Waals surface area contributed by atoms with Gasteiger partial charge in [0.15, 0.2) is 5.69 Å². The smallest absolute Gasteiger partial charge is 0.190 e. The SMILES string of the molecule is N#Cc1nnn(Cc2cccc(Cl)c2)c1-c1ccccc1F. The summed E-state index contributed by atoms with van der Waals surface area (Å²) in [6.07, 6.45) is 0. The number of nitriles is 1. The predicted molar refractivity (Wildman–Crippen MR) is 80.7 cm³/mol. The molecule has 0 radical (unpaired) electrons. The highest BCUT2D eigenvalue weighted by Crippen LogP contribution is 2.25. The van der Waals surface area contributed by atoms with Gasteiger partial charge in [-0.25, -0.2) is 9.07 Å². The van der Waals surface area contributed by atoms with E-state index in [9.17, 15) is 9.65 Å². The van der Waals surface area contributed by atoms with Gasteiger partial charge in [-0.15, -0.1) is 5.10 Å². The Kier molecular flexibility index (Phi) is 3.86. The van der Waals surface area contributed by atoms with Gasteiger partial charge in [0.05, 0.1) is 6.54 Å². The highest BCUT2D eigenvalue weighted by Gasteiger charge is 2.18. The molecule has 0 fully saturated rings. The van der Waals surface area contributed by atoms with Crippen LogP contribution in [0.1, 0.15) is 11.3 Å². The van der Waals surface area contributed by atoms with Gasteiger partial charge in [-0.1, -0.05) is 41.1 Å². The molecule has 22 heavy (non-hydrogen) atoms. The van der Waals surface area contributed by atoms with Crippen molar-refractivity contribution in [3.8, 4) is 17.3 Å². The summed E-state index contributed by atoms with van der Waals surface area (Å²) in [5, 5.41) is 17.6. The maximum Gasteiger partial charge on any atom is 0.190 e. The van der Waals surface area contributed by atoms with Crippen molar-refractivity contribution >= 4 is 11.6 Å². The lowest BCUT2D eigenvalue weighted by Gasteiger charge is -2.08. The molecule has 0 N–H and O–H groups in total. The minimum absolute atomic E-state index is 0.0899. The minimum atomic E-state index is -0.423. The van der Waals surface area contributed by atoms with Crippen LogP contribution in [0.2, 0.25) is 5.02 Å². The summed E-state index contributed by atoms with van der Waals surface area (Å²) < 4.78 is 15.6. The van der Waals surface area contributed by atoms with Crippen LogP contribution >= 0.6 is 11.6 Å². The van der Waals surface area contributed by atoms with Gasteiger partial charge < -0.3 is 0 Å². The Labute approximate surface area is 131 Å². The summed E-state index contributed by atoms with van der Waals surface area (Å²) >= 11 is 5.97. The molecule has 0 aliphatic rings. The fraction of sp³-hybridized carbons (Fsp3) is 0.0625. The molecule has 2 aromatic carbocycles. The Hall–Kier alpha value is -2.71. The van der Waals surface area contributed by atoms with Crippen molar-refractivity contribution in [2.75, 3.05) is 0 Å². The number of hydrogen-bond acceptors (Lipinski definition) is 3. The zero-order valence-electron chi connectivity index (χ0n) is 11.4. The van der Waals surface area contributed by atoms with Crippen molar-refractivity contribution in [1.82, 2.24) is 15.0 Å². The maximum atomic E-state index is 14.1. The summed E-state index contributed by atoms with van der Waals surface area (Å²) in [4.78, 5) is 0. The third kappa shape index (κ3) is 2.69. The second-order valence-electron chi connectivity index (χ2n) is 4.67. The molecule has 3 aromatic rings. The summed E-state index contributed by atoms with van der Waals surface area (Å²) in [7, 11) is 0. The molecule has 1 heterocycles. The molecular weight excluding hydrogens is 303 g/mol. The molecule has 0 bridgehead atoms. The first-order valence-electron chi connectivity index (χ1n) is 6.52. The van der Waals surface area contributed by atoms with Crippen molar-refractivity contribution in [2.45, 2.75) is 6.54 Å². The van der Waals surface area contributed by atoms with Crippen LogP contribution in [0, 0.1) is 17.1 Å². The molecule has 0 atom stereocenters. The molecule has 6 heteroatoms. The first kappa shape index (κ1) is 14.2. The Balaban J connectivity index is 2.09. The first-order chi connectivity index (χ1) is 10.7. The van der Waals surface area contributed by atoms with Crippen LogP contribution in [0.3, 0.4) is 0 Å². The lowest BCUT2D eigenvalue weighted by molar-refractivity contribution is 0.621. The molecule has 4 nitrogen and oxygen atoms in total. The van der Waals surface area contributed by atoms with Crippen molar-refractivity contribution < 1.29 is 4.39 Å². The molecule has 0 aliphatic heterocycles. The number of nitrogens with zero attached hydrogens (tertiary/aromatic N) is 4. The van der Waals surface area contributed by atoms with Crippen LogP contribution in [-0.4, -0.2) is 15.0 Å². The fourth-order valence-electron chi connectivity index (χ4n) is 2.23. The van der Waals surface area contributed by atoms with Gasteiger partial charge in [0, 0.05) is 10.6 Å². The summed E-state index contributed by atoms with van der Waals surface area (Å²) in [6.45, 7) is 0.346. The van der Waals surface area contributed by atoms with Gasteiger partial charge in [0.1, 0.15) is 17.6 Å². The molecule has 3 rings (SSSR count). The number of rotatable bonds is 3. The number of benzene rings is 2. The van der Waals surface area contributed by atoms with Gasteiger partial charge in [-0.3, -0.25) is 0 Å². The quantitative estimate of drug-likeness (QED) is 0.741. The summed E-state index contributed by atoms with van der Waals surface area (Å²) in [5.74, 6) is -0.423. The average Bonchev–Trinajstić information content (AvgIpc) is 2.90. The molecule has 0 saturated carbocycles. The van der Waals surface area contributed by atoms with Crippen LogP contribution in [0.5, 0.6) is 0 Å². The normalized spacial score (nSPS) is 10.4. The molecule has 1 aromatic heterocycles. The van der Waals surface area contributed by atoms with Gasteiger partial charge in [-0.05, 0) is 29.8 Å². The van der Waals surface area contributed by atoms with E-state index in [-0.39, 0.29) is 5.69 Å². The van der Waals surface area contributed by atoms with Crippen LogP contribution in [0.4, 0.5) is 4.39 Å². The Morgan fingerprint density at radius 3 is 2.73 bits per heavy atom. The van der Waals surface area contributed by atoms with Gasteiger partial charge in [0.25, 0.3) is 0 Å². The monoisotopic (exact) mass is 312 g/mol. The average molecular weight is 313 g/mol. The lowest BCUT2D eigenvalue weighted by atomic mass is 10.1. The van der Waals surface area contributed by atoms with Crippen molar-refractivity contribution in [3.05, 3.63) is 70.6 Å². The third-order valence-corrected chi connectivity index (χ3v) is 3.43. The van der Waals surface area contributed by atoms with Crippen LogP contribution < -0.4 is 0 Å². The van der Waals surface area contributed by atoms with Crippen molar-refractivity contribution in [2.24, 2.45) is 0 Å². The van der Waals surface area contributed by atoms with E-state index in [1.165, 1.54) is 10.7 Å². The second kappa shape index (κ2) is 5.96. The molecule has 0 amide bonds. The third-order valence-electron chi connectivity index (χ3n) is 3.19. The highest BCUT2D eigenvalue weighted by atomic mass is 35.5. The first-order valence-corrected chi connectivity index (χ1v) is 6.90. The molecule has 0 spiro atoms. The maximum absolute atomic E-state index is 14.1. The van der Waals surface area contributed by atoms with E-state index >= 15 is 0 Å². The van der Waals surface area contributed by atoms with E-state index < -0.39 is 5.82 Å². The summed E-state index contributed by atoms with van der Waals surface area (Å²) in [6, 6.07) is 15.5. The molecule has 0 unspecified atom stereocenters. The largest absolute Gasteiger partial charge is 0.239 e. The van der Waals surface area contributed by atoms with E-state index in [4.69, 9.17) is 11.6 Å². The fourth-order valence-corrected chi connectivity index (χ4v) is 2.44. The highest BCUT2D eigenvalue weighted by molar-refractivity contribution is 6.30. The van der Waals surface area contributed by atoms with E-state index in [1.807, 2.05) is 18.2 Å². The Bertz CT molecular complexity index is 867. The predicted octanol–water partition coefficient (Wildman–Crippen LogP) is 3.66. The standard InChI is InChI=1S/C16H10ClFN4/c17-12-5-3-4-11(8-12)10-22-16(15(9-19)20-21-22)13-6-1-2-7-14(13)18/h1-8H,10H2. The number of hydrogen-bond donors (Lipinski definition) is 0. The van der Waals surface area contributed by atoms with Crippen LogP contribution in [0.15, 0.2) is 48.5 Å². The Morgan fingerprint density at radius 1 is 1.18 bits per heavy atom. The van der Waals surface area contributed by atoms with Gasteiger partial charge in [0.2, 0.25) is 0 Å². The zero-order valence-corrected chi connectivity index (χ0v) is 12.1. The second-order valence-corrected chi connectivity index (χ2v) is 5.10. The lowest BCUT2D eigenvalue weighted by Crippen LogP contribution is -2.05. The Morgan fingerprint density at radius 2 is 2.00 bits per heavy atom. The van der Waals surface area contributed by atoms with Crippen molar-refractivity contribution in [1.29, 1.82) is 5.26 Å². The van der Waals surface area contributed by atoms with Gasteiger partial charge in [-0.2, -0.15) is 5.26 Å². The molecule has 0 aliphatic carbocycles. The zero-order chi connectivity index (χ0) is 15.5. The summed E-state index contributed by atoms with van der Waals surface area (Å²) in [5.41, 5.74) is 1.64. The molecular formula is C16H10ClFN4. The topological polar surface area (TPSA) is 54.5 Å². The molecule has 0 saturated heterocycles. The van der Waals surface area contributed by atoms with E-state index in [0.29, 0.717) is 22.8 Å². The number of aromatic nitrogens is 3. The van der Waals surface area contributed by atoms with E-state index in [2.05, 4.69) is 10.3 Å². The van der Waals surface area contributed by atoms with Crippen LogP contribution in [0.25, 0.3) is 11.3 Å². The van der Waals surface area contributed by atoms with E-state index in [1.54, 1.807) is 30.3 Å². The van der Waals surface area contributed by atoms with Gasteiger partial charge >= 0.3 is 0 Å². The molecule has 108 valence electrons. The van der Waals surface area contributed by atoms with Crippen molar-refractivity contribution in [3.63, 3.8) is 0 Å². The van der Waals surface area contributed by atoms with Crippen LogP contribution in [-0.2, 0) is 6.54 Å². The minimum Gasteiger partial charge on any atom is -0.239 e. The van der Waals surface area contributed by atoms with E-state index in [0.717, 1.165) is 5.56 Å².